The van der Waals surface area contributed by atoms with Gasteiger partial charge in [0, 0.05) is 18.7 Å². The number of sulfonamides is 1. The van der Waals surface area contributed by atoms with Gasteiger partial charge in [0.15, 0.2) is 5.60 Å². The molecular weight excluding hydrogens is 390 g/mol. The van der Waals surface area contributed by atoms with Crippen LogP contribution in [0.25, 0.3) is 0 Å². The topological polar surface area (TPSA) is 88.1 Å². The second-order valence-corrected chi connectivity index (χ2v) is 9.51. The summed E-state index contributed by atoms with van der Waals surface area (Å²) in [7, 11) is -3.63. The molecule has 2 aromatic rings. The molecule has 1 amide bonds. The summed E-state index contributed by atoms with van der Waals surface area (Å²) in [5, 5.41) is 6.79. The number of oxime groups is 1. The van der Waals surface area contributed by atoms with Crippen LogP contribution in [0.1, 0.15) is 24.8 Å². The minimum absolute atomic E-state index is 0.175. The number of nitrogens with one attached hydrogen (secondary N) is 1. The zero-order valence-electron chi connectivity index (χ0n) is 16.2. The van der Waals surface area contributed by atoms with Crippen molar-refractivity contribution in [2.24, 2.45) is 5.16 Å². The molecular formula is C21H23N3O4S. The molecule has 29 heavy (non-hydrogen) atoms. The van der Waals surface area contributed by atoms with Crippen LogP contribution in [-0.2, 0) is 19.7 Å². The summed E-state index contributed by atoms with van der Waals surface area (Å²) in [6, 6.07) is 16.0. The van der Waals surface area contributed by atoms with E-state index in [9.17, 15) is 13.2 Å². The Kier molecular flexibility index (Phi) is 5.14. The van der Waals surface area contributed by atoms with Crippen LogP contribution in [0.4, 0.5) is 5.69 Å². The second kappa shape index (κ2) is 7.61. The molecule has 0 aliphatic carbocycles. The van der Waals surface area contributed by atoms with Crippen LogP contribution < -0.4 is 5.32 Å². The molecule has 0 saturated carbocycles. The van der Waals surface area contributed by atoms with E-state index in [0.717, 1.165) is 5.56 Å². The zero-order chi connectivity index (χ0) is 20.5. The van der Waals surface area contributed by atoms with Gasteiger partial charge in [-0.05, 0) is 49.6 Å². The summed E-state index contributed by atoms with van der Waals surface area (Å²) in [6.45, 7) is 2.46. The van der Waals surface area contributed by atoms with Gasteiger partial charge < -0.3 is 10.2 Å². The molecule has 2 heterocycles. The Hall–Kier alpha value is -2.71. The first-order valence-corrected chi connectivity index (χ1v) is 11.0. The predicted molar refractivity (Wildman–Crippen MR) is 110 cm³/mol. The van der Waals surface area contributed by atoms with Gasteiger partial charge >= 0.3 is 0 Å². The SMILES string of the molecule is Cc1cccc(S(=O)(=O)N2CCCC3(CC(C(=O)Nc4ccccc4)=NO3)C2)c1. The number of piperidine rings is 1. The first-order chi connectivity index (χ1) is 13.9. The molecule has 7 nitrogen and oxygen atoms in total. The quantitative estimate of drug-likeness (QED) is 0.835. The molecule has 1 unspecified atom stereocenters. The van der Waals surface area contributed by atoms with Crippen molar-refractivity contribution in [3.63, 3.8) is 0 Å². The normalized spacial score (nSPS) is 22.2. The van der Waals surface area contributed by atoms with Crippen molar-refractivity contribution >= 4 is 27.3 Å². The number of carbonyl (C=O) groups excluding carboxylic acids is 1. The molecule has 1 atom stereocenters. The van der Waals surface area contributed by atoms with Crippen molar-refractivity contribution in [1.82, 2.24) is 4.31 Å². The Balaban J connectivity index is 1.47. The molecule has 2 aliphatic heterocycles. The summed E-state index contributed by atoms with van der Waals surface area (Å²) in [4.78, 5) is 18.5. The van der Waals surface area contributed by atoms with E-state index in [1.165, 1.54) is 4.31 Å². The number of carbonyl (C=O) groups is 1. The molecule has 2 aromatic carbocycles. The lowest BCUT2D eigenvalue weighted by molar-refractivity contribution is -0.110. The van der Waals surface area contributed by atoms with Crippen molar-refractivity contribution < 1.29 is 18.0 Å². The molecule has 2 aliphatic rings. The molecule has 1 spiro atoms. The highest BCUT2D eigenvalue weighted by atomic mass is 32.2. The van der Waals surface area contributed by atoms with Gasteiger partial charge in [0.1, 0.15) is 5.71 Å². The fourth-order valence-electron chi connectivity index (χ4n) is 3.77. The molecule has 1 fully saturated rings. The Bertz CT molecular complexity index is 1050. The molecule has 0 bridgehead atoms. The summed E-state index contributed by atoms with van der Waals surface area (Å²) in [6.07, 6.45) is 1.58. The van der Waals surface area contributed by atoms with Crippen molar-refractivity contribution in [2.75, 3.05) is 18.4 Å². The first kappa shape index (κ1) is 19.6. The van der Waals surface area contributed by atoms with Crippen LogP contribution in [0.15, 0.2) is 64.6 Å². The van der Waals surface area contributed by atoms with Gasteiger partial charge in [-0.15, -0.1) is 0 Å². The Labute approximate surface area is 170 Å². The monoisotopic (exact) mass is 413 g/mol. The number of rotatable bonds is 4. The molecule has 4 rings (SSSR count). The molecule has 0 aromatic heterocycles. The number of hydrogen-bond donors (Lipinski definition) is 1. The summed E-state index contributed by atoms with van der Waals surface area (Å²) in [5.41, 5.74) is 1.05. The largest absolute Gasteiger partial charge is 0.387 e. The number of anilines is 1. The van der Waals surface area contributed by atoms with E-state index < -0.39 is 15.6 Å². The van der Waals surface area contributed by atoms with Gasteiger partial charge in [0.05, 0.1) is 11.4 Å². The summed E-state index contributed by atoms with van der Waals surface area (Å²) < 4.78 is 27.6. The molecule has 8 heteroatoms. The first-order valence-electron chi connectivity index (χ1n) is 9.56. The predicted octanol–water partition coefficient (Wildman–Crippen LogP) is 2.93. The highest BCUT2D eigenvalue weighted by Crippen LogP contribution is 2.35. The minimum Gasteiger partial charge on any atom is -0.387 e. The average Bonchev–Trinajstić information content (AvgIpc) is 3.12. The lowest BCUT2D eigenvalue weighted by Crippen LogP contribution is -2.50. The Morgan fingerprint density at radius 3 is 2.72 bits per heavy atom. The van der Waals surface area contributed by atoms with Crippen LogP contribution in [0.5, 0.6) is 0 Å². The highest BCUT2D eigenvalue weighted by molar-refractivity contribution is 7.89. The van der Waals surface area contributed by atoms with E-state index >= 15 is 0 Å². The average molecular weight is 413 g/mol. The number of hydrogen-bond acceptors (Lipinski definition) is 5. The third-order valence-corrected chi connectivity index (χ3v) is 7.11. The summed E-state index contributed by atoms with van der Waals surface area (Å²) >= 11 is 0. The lowest BCUT2D eigenvalue weighted by Gasteiger charge is -2.37. The number of aryl methyl sites for hydroxylation is 1. The van der Waals surface area contributed by atoms with Crippen LogP contribution in [0.2, 0.25) is 0 Å². The van der Waals surface area contributed by atoms with Gasteiger partial charge in [-0.2, -0.15) is 4.31 Å². The van der Waals surface area contributed by atoms with Gasteiger partial charge in [0.25, 0.3) is 5.91 Å². The lowest BCUT2D eigenvalue weighted by atomic mass is 9.89. The smallest absolute Gasteiger partial charge is 0.273 e. The maximum Gasteiger partial charge on any atom is 0.273 e. The molecule has 0 radical (unpaired) electrons. The van der Waals surface area contributed by atoms with E-state index in [1.54, 1.807) is 30.3 Å². The van der Waals surface area contributed by atoms with E-state index in [-0.39, 0.29) is 29.5 Å². The fourth-order valence-corrected chi connectivity index (χ4v) is 5.43. The Morgan fingerprint density at radius 1 is 1.17 bits per heavy atom. The van der Waals surface area contributed by atoms with Crippen molar-refractivity contribution in [3.05, 3.63) is 60.2 Å². The van der Waals surface area contributed by atoms with Crippen molar-refractivity contribution in [3.8, 4) is 0 Å². The minimum atomic E-state index is -3.63. The van der Waals surface area contributed by atoms with Crippen molar-refractivity contribution in [2.45, 2.75) is 36.7 Å². The molecule has 152 valence electrons. The van der Waals surface area contributed by atoms with E-state index in [4.69, 9.17) is 4.84 Å². The van der Waals surface area contributed by atoms with E-state index in [0.29, 0.717) is 25.1 Å². The highest BCUT2D eigenvalue weighted by Gasteiger charge is 2.47. The number of benzene rings is 2. The number of nitrogens with zero attached hydrogens (tertiary/aromatic N) is 2. The van der Waals surface area contributed by atoms with Crippen LogP contribution >= 0.6 is 0 Å². The van der Waals surface area contributed by atoms with Crippen LogP contribution in [0.3, 0.4) is 0 Å². The Morgan fingerprint density at radius 2 is 1.97 bits per heavy atom. The van der Waals surface area contributed by atoms with Gasteiger partial charge in [-0.3, -0.25) is 4.79 Å². The van der Waals surface area contributed by atoms with Crippen molar-refractivity contribution in [1.29, 1.82) is 0 Å². The zero-order valence-corrected chi connectivity index (χ0v) is 17.0. The maximum atomic E-state index is 13.1. The van der Waals surface area contributed by atoms with Gasteiger partial charge in [-0.25, -0.2) is 8.42 Å². The fraction of sp³-hybridized carbons (Fsp3) is 0.333. The van der Waals surface area contributed by atoms with Crippen LogP contribution in [0, 0.1) is 6.92 Å². The summed E-state index contributed by atoms with van der Waals surface area (Å²) in [5.74, 6) is -0.327. The molecule has 1 N–H and O–H groups in total. The molecule has 1 saturated heterocycles. The second-order valence-electron chi connectivity index (χ2n) is 7.57. The van der Waals surface area contributed by atoms with Gasteiger partial charge in [0.2, 0.25) is 10.0 Å². The van der Waals surface area contributed by atoms with E-state index in [2.05, 4.69) is 10.5 Å². The maximum absolute atomic E-state index is 13.1. The van der Waals surface area contributed by atoms with Crippen LogP contribution in [-0.4, -0.2) is 43.0 Å². The van der Waals surface area contributed by atoms with Gasteiger partial charge in [-0.1, -0.05) is 35.5 Å². The van der Waals surface area contributed by atoms with E-state index in [1.807, 2.05) is 31.2 Å². The third kappa shape index (κ3) is 4.04. The number of para-hydroxylation sites is 1. The standard InChI is InChI=1S/C21H23N3O4S/c1-16-7-5-10-18(13-16)29(26,27)24-12-6-11-21(15-24)14-19(23-28-21)20(25)22-17-8-3-2-4-9-17/h2-5,7-10,13H,6,11-12,14-15H2,1H3,(H,22,25). The third-order valence-electron chi connectivity index (χ3n) is 5.26. The number of amides is 1.